The highest BCUT2D eigenvalue weighted by Gasteiger charge is 2.28. The standard InChI is InChI=1S/C10H14N2O5/c1-10(2,9(13)16-3)11-6-7-4-5-8(17-7)12(14)15/h4-5,11H,6H2,1-3H3. The molecule has 7 heteroatoms. The van der Waals surface area contributed by atoms with Crippen molar-refractivity contribution in [3.05, 3.63) is 28.0 Å². The summed E-state index contributed by atoms with van der Waals surface area (Å²) < 4.78 is 9.55. The van der Waals surface area contributed by atoms with Gasteiger partial charge in [0.05, 0.1) is 19.7 Å². The Kier molecular flexibility index (Phi) is 3.84. The lowest BCUT2D eigenvalue weighted by molar-refractivity contribution is -0.402. The van der Waals surface area contributed by atoms with Crippen LogP contribution in [0.15, 0.2) is 16.5 Å². The van der Waals surface area contributed by atoms with Crippen LogP contribution >= 0.6 is 0 Å². The van der Waals surface area contributed by atoms with E-state index in [1.165, 1.54) is 19.2 Å². The van der Waals surface area contributed by atoms with Crippen molar-refractivity contribution in [2.24, 2.45) is 0 Å². The van der Waals surface area contributed by atoms with Gasteiger partial charge in [0.1, 0.15) is 16.2 Å². The van der Waals surface area contributed by atoms with Crippen molar-refractivity contribution < 1.29 is 18.9 Å². The molecule has 1 N–H and O–H groups in total. The molecule has 0 saturated heterocycles. The number of carbonyl (C=O) groups is 1. The highest BCUT2D eigenvalue weighted by Crippen LogP contribution is 2.16. The van der Waals surface area contributed by atoms with Gasteiger partial charge >= 0.3 is 11.9 Å². The van der Waals surface area contributed by atoms with E-state index in [0.717, 1.165) is 0 Å². The van der Waals surface area contributed by atoms with Gasteiger partial charge in [0.25, 0.3) is 0 Å². The second-order valence-corrected chi connectivity index (χ2v) is 3.97. The van der Waals surface area contributed by atoms with Crippen LogP contribution in [0.4, 0.5) is 5.88 Å². The molecule has 0 bridgehead atoms. The van der Waals surface area contributed by atoms with E-state index in [2.05, 4.69) is 10.1 Å². The maximum Gasteiger partial charge on any atom is 0.433 e. The minimum Gasteiger partial charge on any atom is -0.468 e. The van der Waals surface area contributed by atoms with Crippen molar-refractivity contribution in [2.75, 3.05) is 7.11 Å². The van der Waals surface area contributed by atoms with Crippen LogP contribution in [0.3, 0.4) is 0 Å². The highest BCUT2D eigenvalue weighted by atomic mass is 16.6. The first-order valence-corrected chi connectivity index (χ1v) is 4.93. The molecule has 1 rings (SSSR count). The van der Waals surface area contributed by atoms with Crippen LogP contribution in [0, 0.1) is 10.1 Å². The van der Waals surface area contributed by atoms with Crippen LogP contribution in [0.1, 0.15) is 19.6 Å². The zero-order chi connectivity index (χ0) is 13.1. The largest absolute Gasteiger partial charge is 0.468 e. The van der Waals surface area contributed by atoms with E-state index in [0.29, 0.717) is 5.76 Å². The fourth-order valence-corrected chi connectivity index (χ4v) is 1.20. The van der Waals surface area contributed by atoms with E-state index in [4.69, 9.17) is 4.42 Å². The van der Waals surface area contributed by atoms with Crippen LogP contribution in [-0.2, 0) is 16.1 Å². The maximum atomic E-state index is 11.3. The third-order valence-corrected chi connectivity index (χ3v) is 2.23. The summed E-state index contributed by atoms with van der Waals surface area (Å²) in [6.45, 7) is 3.50. The SMILES string of the molecule is COC(=O)C(C)(C)NCc1ccc([N+](=O)[O-])o1. The fraction of sp³-hybridized carbons (Fsp3) is 0.500. The van der Waals surface area contributed by atoms with Crippen LogP contribution in [-0.4, -0.2) is 23.5 Å². The summed E-state index contributed by atoms with van der Waals surface area (Å²) in [6.07, 6.45) is 0. The summed E-state index contributed by atoms with van der Waals surface area (Å²) >= 11 is 0. The van der Waals surface area contributed by atoms with Gasteiger partial charge in [-0.1, -0.05) is 0 Å². The lowest BCUT2D eigenvalue weighted by atomic mass is 10.1. The van der Waals surface area contributed by atoms with Gasteiger partial charge in [0, 0.05) is 0 Å². The van der Waals surface area contributed by atoms with Crippen molar-refractivity contribution in [3.63, 3.8) is 0 Å². The summed E-state index contributed by atoms with van der Waals surface area (Å²) in [5.41, 5.74) is -0.879. The van der Waals surface area contributed by atoms with Gasteiger partial charge in [0.2, 0.25) is 0 Å². The Morgan fingerprint density at radius 3 is 2.71 bits per heavy atom. The smallest absolute Gasteiger partial charge is 0.433 e. The van der Waals surface area contributed by atoms with Crippen molar-refractivity contribution in [1.29, 1.82) is 0 Å². The second kappa shape index (κ2) is 4.96. The molecule has 0 spiro atoms. The fourth-order valence-electron chi connectivity index (χ4n) is 1.20. The maximum absolute atomic E-state index is 11.3. The number of ether oxygens (including phenoxy) is 1. The van der Waals surface area contributed by atoms with Gasteiger partial charge in [-0.2, -0.15) is 0 Å². The van der Waals surface area contributed by atoms with Crippen molar-refractivity contribution in [2.45, 2.75) is 25.9 Å². The van der Waals surface area contributed by atoms with E-state index in [9.17, 15) is 14.9 Å². The molecule has 7 nitrogen and oxygen atoms in total. The Labute approximate surface area is 97.9 Å². The number of hydrogen-bond acceptors (Lipinski definition) is 6. The minimum absolute atomic E-state index is 0.204. The normalized spacial score (nSPS) is 11.2. The lowest BCUT2D eigenvalue weighted by Crippen LogP contribution is -2.46. The Bertz CT molecular complexity index is 424. The van der Waals surface area contributed by atoms with Gasteiger partial charge in [-0.05, 0) is 19.9 Å². The predicted octanol–water partition coefficient (Wildman–Crippen LogP) is 1.23. The monoisotopic (exact) mass is 242 g/mol. The number of esters is 1. The first-order valence-electron chi connectivity index (χ1n) is 4.93. The van der Waals surface area contributed by atoms with Gasteiger partial charge in [0.15, 0.2) is 0 Å². The summed E-state index contributed by atoms with van der Waals surface area (Å²) in [7, 11) is 1.30. The molecular weight excluding hydrogens is 228 g/mol. The number of nitrogens with one attached hydrogen (secondary N) is 1. The predicted molar refractivity (Wildman–Crippen MR) is 58.3 cm³/mol. The van der Waals surface area contributed by atoms with Crippen molar-refractivity contribution in [3.8, 4) is 0 Å². The zero-order valence-electron chi connectivity index (χ0n) is 9.85. The molecule has 0 aliphatic rings. The van der Waals surface area contributed by atoms with Crippen LogP contribution in [0.2, 0.25) is 0 Å². The molecule has 0 amide bonds. The summed E-state index contributed by atoms with van der Waals surface area (Å²) in [6, 6.07) is 2.75. The van der Waals surface area contributed by atoms with Gasteiger partial charge in [-0.25, -0.2) is 0 Å². The minimum atomic E-state index is -0.879. The molecule has 17 heavy (non-hydrogen) atoms. The van der Waals surface area contributed by atoms with E-state index in [1.807, 2.05) is 0 Å². The van der Waals surface area contributed by atoms with E-state index >= 15 is 0 Å². The van der Waals surface area contributed by atoms with E-state index < -0.39 is 16.4 Å². The lowest BCUT2D eigenvalue weighted by Gasteiger charge is -2.22. The molecule has 1 heterocycles. The third-order valence-electron chi connectivity index (χ3n) is 2.23. The Balaban J connectivity index is 2.61. The van der Waals surface area contributed by atoms with E-state index in [-0.39, 0.29) is 12.4 Å². The van der Waals surface area contributed by atoms with Crippen molar-refractivity contribution in [1.82, 2.24) is 5.32 Å². The Morgan fingerprint density at radius 2 is 2.24 bits per heavy atom. The van der Waals surface area contributed by atoms with Gasteiger partial charge in [-0.15, -0.1) is 0 Å². The number of rotatable bonds is 5. The summed E-state index contributed by atoms with van der Waals surface area (Å²) in [5, 5.41) is 13.3. The van der Waals surface area contributed by atoms with Crippen LogP contribution in [0.5, 0.6) is 0 Å². The number of hydrogen-bond donors (Lipinski definition) is 1. The van der Waals surface area contributed by atoms with Crippen LogP contribution in [0.25, 0.3) is 0 Å². The molecular formula is C10H14N2O5. The van der Waals surface area contributed by atoms with Crippen molar-refractivity contribution >= 4 is 11.9 Å². The Hall–Kier alpha value is -1.89. The summed E-state index contributed by atoms with van der Waals surface area (Å²) in [4.78, 5) is 21.1. The number of furan rings is 1. The van der Waals surface area contributed by atoms with Gasteiger partial charge in [-0.3, -0.25) is 20.2 Å². The van der Waals surface area contributed by atoms with E-state index in [1.54, 1.807) is 13.8 Å². The first-order chi connectivity index (χ1) is 7.86. The average molecular weight is 242 g/mol. The molecule has 0 aromatic carbocycles. The number of methoxy groups -OCH3 is 1. The Morgan fingerprint density at radius 1 is 1.59 bits per heavy atom. The number of carbonyl (C=O) groups excluding carboxylic acids is 1. The number of nitrogens with zero attached hydrogens (tertiary/aromatic N) is 1. The molecule has 0 radical (unpaired) electrons. The molecule has 0 aliphatic heterocycles. The van der Waals surface area contributed by atoms with Gasteiger partial charge < -0.3 is 9.15 Å². The zero-order valence-corrected chi connectivity index (χ0v) is 9.85. The topological polar surface area (TPSA) is 94.6 Å². The molecule has 0 atom stereocenters. The highest BCUT2D eigenvalue weighted by molar-refractivity contribution is 5.79. The third kappa shape index (κ3) is 3.28. The molecule has 0 saturated carbocycles. The molecule has 0 unspecified atom stereocenters. The molecule has 1 aromatic heterocycles. The molecule has 0 fully saturated rings. The number of nitro groups is 1. The first kappa shape index (κ1) is 13.2. The quantitative estimate of drug-likeness (QED) is 0.474. The average Bonchev–Trinajstić information content (AvgIpc) is 2.74. The molecule has 1 aromatic rings. The summed E-state index contributed by atoms with van der Waals surface area (Å²) in [5.74, 6) is -0.357. The second-order valence-electron chi connectivity index (χ2n) is 3.97. The molecule has 94 valence electrons. The van der Waals surface area contributed by atoms with Crippen LogP contribution < -0.4 is 5.32 Å². The molecule has 0 aliphatic carbocycles.